The zero-order valence-electron chi connectivity index (χ0n) is 12.0. The van der Waals surface area contributed by atoms with Gasteiger partial charge in [-0.1, -0.05) is 0 Å². The third-order valence-electron chi connectivity index (χ3n) is 4.35. The van der Waals surface area contributed by atoms with Crippen molar-refractivity contribution >= 4 is 0 Å². The summed E-state index contributed by atoms with van der Waals surface area (Å²) >= 11 is 0. The Morgan fingerprint density at radius 1 is 1.35 bits per heavy atom. The van der Waals surface area contributed by atoms with Gasteiger partial charge in [0.05, 0.1) is 12.1 Å². The number of rotatable bonds is 4. The van der Waals surface area contributed by atoms with E-state index in [4.69, 9.17) is 0 Å². The molecule has 3 nitrogen and oxygen atoms in total. The van der Waals surface area contributed by atoms with Gasteiger partial charge in [0.15, 0.2) is 0 Å². The van der Waals surface area contributed by atoms with Gasteiger partial charge < -0.3 is 5.32 Å². The molecule has 1 saturated carbocycles. The summed E-state index contributed by atoms with van der Waals surface area (Å²) in [6.07, 6.45) is 1.49. The van der Waals surface area contributed by atoms with Crippen molar-refractivity contribution in [3.63, 3.8) is 0 Å². The number of aryl methyl sites for hydroxylation is 1. The molecular formula is C14H22F3N3. The van der Waals surface area contributed by atoms with Crippen LogP contribution in [0.25, 0.3) is 0 Å². The minimum absolute atomic E-state index is 0.101. The van der Waals surface area contributed by atoms with Gasteiger partial charge in [0.2, 0.25) is 0 Å². The zero-order valence-corrected chi connectivity index (χ0v) is 12.0. The highest BCUT2D eigenvalue weighted by molar-refractivity contribution is 5.12. The summed E-state index contributed by atoms with van der Waals surface area (Å²) in [7, 11) is 1.86. The molecule has 1 aliphatic carbocycles. The SMILES string of the molecule is CCn1cc(C(NC)C2CCC(C(F)(F)F)CC2)cn1. The van der Waals surface area contributed by atoms with Crippen molar-refractivity contribution in [2.24, 2.45) is 11.8 Å². The molecule has 1 fully saturated rings. The molecule has 20 heavy (non-hydrogen) atoms. The van der Waals surface area contributed by atoms with Gasteiger partial charge in [-0.05, 0) is 45.6 Å². The summed E-state index contributed by atoms with van der Waals surface area (Å²) in [5, 5.41) is 7.49. The van der Waals surface area contributed by atoms with Gasteiger partial charge in [-0.3, -0.25) is 4.68 Å². The van der Waals surface area contributed by atoms with Crippen molar-refractivity contribution in [2.45, 2.75) is 51.4 Å². The molecule has 0 radical (unpaired) electrons. The molecule has 114 valence electrons. The fraction of sp³-hybridized carbons (Fsp3) is 0.786. The van der Waals surface area contributed by atoms with Crippen LogP contribution in [0.3, 0.4) is 0 Å². The van der Waals surface area contributed by atoms with Crippen molar-refractivity contribution in [1.82, 2.24) is 15.1 Å². The summed E-state index contributed by atoms with van der Waals surface area (Å²) in [4.78, 5) is 0. The highest BCUT2D eigenvalue weighted by atomic mass is 19.4. The highest BCUT2D eigenvalue weighted by Gasteiger charge is 2.42. The molecule has 1 unspecified atom stereocenters. The van der Waals surface area contributed by atoms with Crippen LogP contribution in [0.5, 0.6) is 0 Å². The third-order valence-corrected chi connectivity index (χ3v) is 4.35. The van der Waals surface area contributed by atoms with Crippen LogP contribution < -0.4 is 5.32 Å². The molecule has 1 aliphatic rings. The number of halogens is 3. The van der Waals surface area contributed by atoms with Crippen LogP contribution >= 0.6 is 0 Å². The molecule has 0 amide bonds. The lowest BCUT2D eigenvalue weighted by Gasteiger charge is -2.34. The molecule has 0 aliphatic heterocycles. The van der Waals surface area contributed by atoms with Crippen LogP contribution in [-0.2, 0) is 6.54 Å². The molecule has 1 N–H and O–H groups in total. The molecule has 1 atom stereocenters. The van der Waals surface area contributed by atoms with Crippen molar-refractivity contribution in [3.05, 3.63) is 18.0 Å². The van der Waals surface area contributed by atoms with Crippen LogP contribution in [0.15, 0.2) is 12.4 Å². The number of nitrogens with one attached hydrogen (secondary N) is 1. The van der Waals surface area contributed by atoms with Crippen LogP contribution in [0.1, 0.15) is 44.2 Å². The van der Waals surface area contributed by atoms with Crippen molar-refractivity contribution in [2.75, 3.05) is 7.05 Å². The fourth-order valence-electron chi connectivity index (χ4n) is 3.17. The standard InChI is InChI=1S/C14H22F3N3/c1-3-20-9-11(8-19-20)13(18-2)10-4-6-12(7-5-10)14(15,16)17/h8-10,12-13,18H,3-7H2,1-2H3. The predicted molar refractivity (Wildman–Crippen MR) is 71.2 cm³/mol. The molecule has 6 heteroatoms. The zero-order chi connectivity index (χ0) is 14.8. The summed E-state index contributed by atoms with van der Waals surface area (Å²) in [6.45, 7) is 2.82. The second-order valence-corrected chi connectivity index (χ2v) is 5.55. The Hall–Kier alpha value is -1.04. The maximum absolute atomic E-state index is 12.7. The monoisotopic (exact) mass is 289 g/mol. The van der Waals surface area contributed by atoms with Crippen molar-refractivity contribution < 1.29 is 13.2 Å². The van der Waals surface area contributed by atoms with E-state index in [-0.39, 0.29) is 24.8 Å². The van der Waals surface area contributed by atoms with Gasteiger partial charge in [-0.25, -0.2) is 0 Å². The Bertz CT molecular complexity index is 420. The molecule has 2 rings (SSSR count). The molecular weight excluding hydrogens is 267 g/mol. The first-order valence-electron chi connectivity index (χ1n) is 7.22. The Labute approximate surface area is 117 Å². The van der Waals surface area contributed by atoms with Crippen molar-refractivity contribution in [1.29, 1.82) is 0 Å². The number of alkyl halides is 3. The van der Waals surface area contributed by atoms with E-state index < -0.39 is 12.1 Å². The fourth-order valence-corrected chi connectivity index (χ4v) is 3.17. The summed E-state index contributed by atoms with van der Waals surface area (Å²) < 4.78 is 39.9. The molecule has 0 saturated heterocycles. The van der Waals surface area contributed by atoms with Gasteiger partial charge in [-0.15, -0.1) is 0 Å². The van der Waals surface area contributed by atoms with Crippen LogP contribution in [-0.4, -0.2) is 23.0 Å². The number of aromatic nitrogens is 2. The molecule has 0 aromatic carbocycles. The molecule has 1 aromatic rings. The average molecular weight is 289 g/mol. The second-order valence-electron chi connectivity index (χ2n) is 5.55. The first kappa shape index (κ1) is 15.4. The average Bonchev–Trinajstić information content (AvgIpc) is 2.88. The molecule has 0 spiro atoms. The van der Waals surface area contributed by atoms with Gasteiger partial charge >= 0.3 is 6.18 Å². The number of hydrogen-bond donors (Lipinski definition) is 1. The minimum atomic E-state index is -4.03. The predicted octanol–water partition coefficient (Wildman–Crippen LogP) is 3.53. The smallest absolute Gasteiger partial charge is 0.313 e. The highest BCUT2D eigenvalue weighted by Crippen LogP contribution is 2.42. The Morgan fingerprint density at radius 3 is 2.45 bits per heavy atom. The van der Waals surface area contributed by atoms with Crippen LogP contribution in [0.2, 0.25) is 0 Å². The Balaban J connectivity index is 2.00. The Kier molecular flexibility index (Phi) is 4.73. The van der Waals surface area contributed by atoms with E-state index in [9.17, 15) is 13.2 Å². The molecule has 1 aromatic heterocycles. The van der Waals surface area contributed by atoms with Gasteiger partial charge in [0.1, 0.15) is 0 Å². The first-order valence-corrected chi connectivity index (χ1v) is 7.22. The second kappa shape index (κ2) is 6.16. The maximum Gasteiger partial charge on any atom is 0.391 e. The van der Waals surface area contributed by atoms with E-state index in [2.05, 4.69) is 10.4 Å². The third kappa shape index (κ3) is 3.34. The van der Waals surface area contributed by atoms with Crippen LogP contribution in [0.4, 0.5) is 13.2 Å². The van der Waals surface area contributed by atoms with E-state index in [0.717, 1.165) is 12.1 Å². The van der Waals surface area contributed by atoms with E-state index in [1.807, 2.05) is 31.0 Å². The van der Waals surface area contributed by atoms with E-state index in [0.29, 0.717) is 12.8 Å². The van der Waals surface area contributed by atoms with Crippen molar-refractivity contribution in [3.8, 4) is 0 Å². The lowest BCUT2D eigenvalue weighted by molar-refractivity contribution is -0.184. The van der Waals surface area contributed by atoms with E-state index in [1.165, 1.54) is 0 Å². The van der Waals surface area contributed by atoms with Gasteiger partial charge in [-0.2, -0.15) is 18.3 Å². The summed E-state index contributed by atoms with van der Waals surface area (Å²) in [5.74, 6) is -0.859. The largest absolute Gasteiger partial charge is 0.391 e. The molecule has 1 heterocycles. The quantitative estimate of drug-likeness (QED) is 0.919. The normalized spacial score (nSPS) is 25.6. The number of nitrogens with zero attached hydrogens (tertiary/aromatic N) is 2. The van der Waals surface area contributed by atoms with Gasteiger partial charge in [0.25, 0.3) is 0 Å². The summed E-state index contributed by atoms with van der Waals surface area (Å²) in [5.41, 5.74) is 1.07. The number of hydrogen-bond acceptors (Lipinski definition) is 2. The molecule has 0 bridgehead atoms. The summed E-state index contributed by atoms with van der Waals surface area (Å²) in [6, 6.07) is 0.101. The van der Waals surface area contributed by atoms with Gasteiger partial charge in [0, 0.05) is 24.3 Å². The van der Waals surface area contributed by atoms with E-state index >= 15 is 0 Å². The lowest BCUT2D eigenvalue weighted by atomic mass is 9.77. The first-order chi connectivity index (χ1) is 9.45. The topological polar surface area (TPSA) is 29.9 Å². The van der Waals surface area contributed by atoms with E-state index in [1.54, 1.807) is 0 Å². The maximum atomic E-state index is 12.7. The lowest BCUT2D eigenvalue weighted by Crippen LogP contribution is -2.33. The Morgan fingerprint density at radius 2 is 2.00 bits per heavy atom. The van der Waals surface area contributed by atoms with Crippen LogP contribution in [0, 0.1) is 11.8 Å². The minimum Gasteiger partial charge on any atom is -0.313 e.